The van der Waals surface area contributed by atoms with Crippen molar-refractivity contribution in [2.45, 2.75) is 40.0 Å². The highest BCUT2D eigenvalue weighted by molar-refractivity contribution is 7.80. The minimum Gasteiger partial charge on any atom is -0.462 e. The summed E-state index contributed by atoms with van der Waals surface area (Å²) in [5.41, 5.74) is 4.61. The molecule has 1 aromatic heterocycles. The third-order valence-electron chi connectivity index (χ3n) is 4.92. The monoisotopic (exact) mass is 452 g/mol. The van der Waals surface area contributed by atoms with Gasteiger partial charge in [-0.25, -0.2) is 4.79 Å². The van der Waals surface area contributed by atoms with E-state index in [9.17, 15) is 4.79 Å². The summed E-state index contributed by atoms with van der Waals surface area (Å²) >= 11 is 7.11. The summed E-state index contributed by atoms with van der Waals surface area (Å²) in [6.45, 7) is 6.32. The standard InChI is InChI=1S/C25H28N2O2S2/c1-4-6-12-18-13-10-11-16-20(18)26-25(30)27-23-22(24(28)29-5-2)21(17(3)31-23)19-14-8-7-9-15-19/h7-11,13-16H,4-6,12H2,1-3H3,(H2,26,27,30). The van der Waals surface area contributed by atoms with Crippen molar-refractivity contribution >= 4 is 45.3 Å². The molecule has 0 bridgehead atoms. The molecule has 31 heavy (non-hydrogen) atoms. The minimum absolute atomic E-state index is 0.314. The van der Waals surface area contributed by atoms with Crippen molar-refractivity contribution in [3.63, 3.8) is 0 Å². The summed E-state index contributed by atoms with van der Waals surface area (Å²) in [6.07, 6.45) is 3.25. The molecule has 0 aliphatic rings. The molecule has 6 heteroatoms. The Balaban J connectivity index is 1.89. The largest absolute Gasteiger partial charge is 0.462 e. The van der Waals surface area contributed by atoms with Crippen LogP contribution in [-0.4, -0.2) is 17.7 Å². The zero-order valence-electron chi connectivity index (χ0n) is 18.2. The van der Waals surface area contributed by atoms with Crippen molar-refractivity contribution in [2.24, 2.45) is 0 Å². The van der Waals surface area contributed by atoms with Crippen LogP contribution in [0.25, 0.3) is 11.1 Å². The number of hydrogen-bond acceptors (Lipinski definition) is 4. The molecule has 0 unspecified atom stereocenters. The number of anilines is 2. The summed E-state index contributed by atoms with van der Waals surface area (Å²) in [4.78, 5) is 13.9. The molecule has 1 heterocycles. The van der Waals surface area contributed by atoms with E-state index >= 15 is 0 Å². The molecule has 0 fully saturated rings. The second-order valence-corrected chi connectivity index (χ2v) is 8.80. The van der Waals surface area contributed by atoms with Crippen LogP contribution in [0.4, 0.5) is 10.7 Å². The van der Waals surface area contributed by atoms with Gasteiger partial charge in [-0.05, 0) is 56.1 Å². The summed E-state index contributed by atoms with van der Waals surface area (Å²) in [6, 6.07) is 18.1. The Hall–Kier alpha value is -2.70. The van der Waals surface area contributed by atoms with E-state index in [1.54, 1.807) is 0 Å². The number of unbranched alkanes of at least 4 members (excludes halogenated alkanes) is 1. The van der Waals surface area contributed by atoms with Crippen molar-refractivity contribution in [1.82, 2.24) is 0 Å². The van der Waals surface area contributed by atoms with E-state index in [0.29, 0.717) is 22.3 Å². The highest BCUT2D eigenvalue weighted by Crippen LogP contribution is 2.40. The number of aryl methyl sites for hydroxylation is 2. The second-order valence-electron chi connectivity index (χ2n) is 7.16. The van der Waals surface area contributed by atoms with E-state index in [0.717, 1.165) is 41.0 Å². The van der Waals surface area contributed by atoms with Crippen molar-refractivity contribution in [2.75, 3.05) is 17.2 Å². The number of hydrogen-bond donors (Lipinski definition) is 2. The van der Waals surface area contributed by atoms with Crippen molar-refractivity contribution < 1.29 is 9.53 Å². The average Bonchev–Trinajstić information content (AvgIpc) is 3.09. The van der Waals surface area contributed by atoms with E-state index in [2.05, 4.69) is 23.6 Å². The Morgan fingerprint density at radius 1 is 1.03 bits per heavy atom. The van der Waals surface area contributed by atoms with Gasteiger partial charge in [-0.2, -0.15) is 0 Å². The maximum absolute atomic E-state index is 12.9. The molecule has 3 aromatic rings. The summed E-state index contributed by atoms with van der Waals surface area (Å²) in [7, 11) is 0. The van der Waals surface area contributed by atoms with Crippen LogP contribution < -0.4 is 10.6 Å². The number of thiophene rings is 1. The Bertz CT molecular complexity index is 1040. The van der Waals surface area contributed by atoms with Crippen LogP contribution in [0.1, 0.15) is 47.5 Å². The van der Waals surface area contributed by atoms with Gasteiger partial charge < -0.3 is 15.4 Å². The van der Waals surface area contributed by atoms with Crippen molar-refractivity contribution in [1.29, 1.82) is 0 Å². The second kappa shape index (κ2) is 11.1. The minimum atomic E-state index is -0.348. The van der Waals surface area contributed by atoms with Gasteiger partial charge >= 0.3 is 5.97 Å². The molecular formula is C25H28N2O2S2. The molecule has 4 nitrogen and oxygen atoms in total. The lowest BCUT2D eigenvalue weighted by Crippen LogP contribution is -2.21. The summed E-state index contributed by atoms with van der Waals surface area (Å²) < 4.78 is 5.37. The van der Waals surface area contributed by atoms with Gasteiger partial charge in [0.2, 0.25) is 0 Å². The molecule has 162 valence electrons. The Kier molecular flexibility index (Phi) is 8.20. The van der Waals surface area contributed by atoms with E-state index in [1.807, 2.05) is 62.4 Å². The number of esters is 1. The van der Waals surface area contributed by atoms with E-state index < -0.39 is 0 Å². The normalized spacial score (nSPS) is 10.5. The molecule has 0 aliphatic heterocycles. The fourth-order valence-corrected chi connectivity index (χ4v) is 4.81. The zero-order valence-corrected chi connectivity index (χ0v) is 19.8. The van der Waals surface area contributed by atoms with Crippen LogP contribution in [0.2, 0.25) is 0 Å². The number of carbonyl (C=O) groups is 1. The third-order valence-corrected chi connectivity index (χ3v) is 6.14. The lowest BCUT2D eigenvalue weighted by molar-refractivity contribution is 0.0529. The fourth-order valence-electron chi connectivity index (χ4n) is 3.47. The molecule has 0 radical (unpaired) electrons. The number of nitrogens with one attached hydrogen (secondary N) is 2. The SMILES string of the molecule is CCCCc1ccccc1NC(=S)Nc1sc(C)c(-c2ccccc2)c1C(=O)OCC. The first-order chi connectivity index (χ1) is 15.0. The summed E-state index contributed by atoms with van der Waals surface area (Å²) in [5.74, 6) is -0.348. The van der Waals surface area contributed by atoms with Crippen molar-refractivity contribution in [3.05, 3.63) is 70.6 Å². The quantitative estimate of drug-likeness (QED) is 0.283. The van der Waals surface area contributed by atoms with Gasteiger partial charge in [0.1, 0.15) is 10.6 Å². The maximum atomic E-state index is 12.9. The number of benzene rings is 2. The molecule has 0 saturated heterocycles. The Labute approximate surface area is 193 Å². The van der Waals surface area contributed by atoms with Crippen LogP contribution >= 0.6 is 23.6 Å². The number of rotatable bonds is 8. The fraction of sp³-hybridized carbons (Fsp3) is 0.280. The average molecular weight is 453 g/mol. The molecule has 0 spiro atoms. The van der Waals surface area contributed by atoms with Gasteiger partial charge in [0.15, 0.2) is 5.11 Å². The smallest absolute Gasteiger partial charge is 0.341 e. The van der Waals surface area contributed by atoms with Crippen LogP contribution in [0, 0.1) is 6.92 Å². The first-order valence-electron chi connectivity index (χ1n) is 10.6. The lowest BCUT2D eigenvalue weighted by atomic mass is 10.0. The van der Waals surface area contributed by atoms with Gasteiger partial charge in [-0.3, -0.25) is 0 Å². The van der Waals surface area contributed by atoms with Gasteiger partial charge in [0, 0.05) is 16.1 Å². The van der Waals surface area contributed by atoms with Crippen LogP contribution in [0.5, 0.6) is 0 Å². The number of ether oxygens (including phenoxy) is 1. The first-order valence-corrected chi connectivity index (χ1v) is 11.8. The topological polar surface area (TPSA) is 50.4 Å². The third kappa shape index (κ3) is 5.71. The van der Waals surface area contributed by atoms with E-state index in [-0.39, 0.29) is 5.97 Å². The van der Waals surface area contributed by atoms with Crippen LogP contribution in [-0.2, 0) is 11.2 Å². The predicted octanol–water partition coefficient (Wildman–Crippen LogP) is 7.05. The Morgan fingerprint density at radius 2 is 1.74 bits per heavy atom. The predicted molar refractivity (Wildman–Crippen MR) is 135 cm³/mol. The molecule has 3 rings (SSSR count). The molecular weight excluding hydrogens is 424 g/mol. The highest BCUT2D eigenvalue weighted by Gasteiger charge is 2.25. The van der Waals surface area contributed by atoms with E-state index in [1.165, 1.54) is 16.9 Å². The maximum Gasteiger partial charge on any atom is 0.341 e. The van der Waals surface area contributed by atoms with Crippen LogP contribution in [0.3, 0.4) is 0 Å². The molecule has 2 aromatic carbocycles. The van der Waals surface area contributed by atoms with Crippen molar-refractivity contribution in [3.8, 4) is 11.1 Å². The molecule has 0 aliphatic carbocycles. The first kappa shape index (κ1) is 23.0. The van der Waals surface area contributed by atoms with E-state index in [4.69, 9.17) is 17.0 Å². The highest BCUT2D eigenvalue weighted by atomic mass is 32.1. The Morgan fingerprint density at radius 3 is 2.45 bits per heavy atom. The zero-order chi connectivity index (χ0) is 22.2. The number of thiocarbonyl (C=S) groups is 1. The number of carbonyl (C=O) groups excluding carboxylic acids is 1. The van der Waals surface area contributed by atoms with Crippen LogP contribution in [0.15, 0.2) is 54.6 Å². The lowest BCUT2D eigenvalue weighted by Gasteiger charge is -2.14. The molecule has 0 atom stereocenters. The number of para-hydroxylation sites is 1. The molecule has 2 N–H and O–H groups in total. The van der Waals surface area contributed by atoms with Gasteiger partial charge in [-0.15, -0.1) is 11.3 Å². The molecule has 0 amide bonds. The van der Waals surface area contributed by atoms with Gasteiger partial charge in [0.05, 0.1) is 6.61 Å². The summed E-state index contributed by atoms with van der Waals surface area (Å²) in [5, 5.41) is 7.71. The van der Waals surface area contributed by atoms with Gasteiger partial charge in [0.25, 0.3) is 0 Å². The van der Waals surface area contributed by atoms with Gasteiger partial charge in [-0.1, -0.05) is 61.9 Å². The molecule has 0 saturated carbocycles.